The number of fused-ring (bicyclic) bond motifs is 1. The van der Waals surface area contributed by atoms with Crippen LogP contribution in [0.2, 0.25) is 0 Å². The molecule has 0 N–H and O–H groups in total. The van der Waals surface area contributed by atoms with Gasteiger partial charge in [-0.3, -0.25) is 9.69 Å². The molecule has 0 aliphatic heterocycles. The largest absolute Gasteiger partial charge is 0.497 e. The van der Waals surface area contributed by atoms with E-state index in [9.17, 15) is 4.79 Å². The maximum Gasteiger partial charge on any atom is 0.320 e. The zero-order chi connectivity index (χ0) is 21.8. The predicted octanol–water partition coefficient (Wildman–Crippen LogP) is 3.96. The van der Waals surface area contributed by atoms with Crippen molar-refractivity contribution in [2.24, 2.45) is 0 Å². The molecule has 31 heavy (non-hydrogen) atoms. The van der Waals surface area contributed by atoms with Crippen molar-refractivity contribution >= 4 is 32.6 Å². The highest BCUT2D eigenvalue weighted by Gasteiger charge is 2.24. The van der Waals surface area contributed by atoms with Crippen molar-refractivity contribution in [1.29, 1.82) is 0 Å². The number of anilines is 1. The molecule has 2 aromatic heterocycles. The minimum absolute atomic E-state index is 0.0522. The van der Waals surface area contributed by atoms with Crippen LogP contribution in [0.1, 0.15) is 16.1 Å². The third kappa shape index (κ3) is 4.41. The molecule has 0 atom stereocenters. The first-order valence-corrected chi connectivity index (χ1v) is 10.2. The molecule has 1 amide bonds. The smallest absolute Gasteiger partial charge is 0.320 e. The van der Waals surface area contributed by atoms with Crippen LogP contribution in [0.5, 0.6) is 17.6 Å². The van der Waals surface area contributed by atoms with Gasteiger partial charge in [0.15, 0.2) is 5.13 Å². The first kappa shape index (κ1) is 20.5. The number of methoxy groups -OCH3 is 3. The van der Waals surface area contributed by atoms with Gasteiger partial charge in [-0.25, -0.2) is 4.98 Å². The van der Waals surface area contributed by atoms with Crippen LogP contribution < -0.4 is 19.1 Å². The van der Waals surface area contributed by atoms with Crippen LogP contribution in [0.15, 0.2) is 54.6 Å². The highest BCUT2D eigenvalue weighted by Crippen LogP contribution is 2.33. The first-order chi connectivity index (χ1) is 15.1. The Balaban J connectivity index is 1.78. The average Bonchev–Trinajstić information content (AvgIpc) is 3.25. The molecule has 0 aliphatic carbocycles. The molecule has 4 rings (SSSR count). The number of rotatable bonds is 7. The third-order valence-corrected chi connectivity index (χ3v) is 5.60. The van der Waals surface area contributed by atoms with Gasteiger partial charge in [-0.2, -0.15) is 9.97 Å². The lowest BCUT2D eigenvalue weighted by atomic mass is 10.2. The number of thiazole rings is 1. The normalized spacial score (nSPS) is 10.7. The molecule has 0 spiro atoms. The van der Waals surface area contributed by atoms with Gasteiger partial charge in [0.2, 0.25) is 5.88 Å². The summed E-state index contributed by atoms with van der Waals surface area (Å²) in [5.41, 5.74) is 1.86. The molecule has 2 heterocycles. The Bertz CT molecular complexity index is 1190. The van der Waals surface area contributed by atoms with Gasteiger partial charge >= 0.3 is 6.01 Å². The maximum absolute atomic E-state index is 13.6. The number of hydrogen-bond acceptors (Lipinski definition) is 8. The summed E-state index contributed by atoms with van der Waals surface area (Å²) in [4.78, 5) is 28.1. The summed E-state index contributed by atoms with van der Waals surface area (Å²) in [7, 11) is 4.51. The molecule has 158 valence electrons. The van der Waals surface area contributed by atoms with E-state index < -0.39 is 0 Å². The molecule has 4 aromatic rings. The summed E-state index contributed by atoms with van der Waals surface area (Å²) < 4.78 is 16.6. The fourth-order valence-corrected chi connectivity index (χ4v) is 3.92. The molecule has 0 saturated carbocycles. The minimum atomic E-state index is -0.339. The SMILES string of the molecule is COc1ccc2sc(N(Cc3ccccc3)C(=O)c3cc(OC)nc(OC)n3)nc2c1. The topological polar surface area (TPSA) is 86.7 Å². The Morgan fingerprint density at radius 2 is 1.74 bits per heavy atom. The molecule has 0 saturated heterocycles. The standard InChI is InChI=1S/C22H20N4O4S/c1-28-15-9-10-18-16(11-15)24-22(31-18)26(13-14-7-5-4-6-8-14)20(27)17-12-19(29-2)25-21(23-17)30-3/h4-12H,13H2,1-3H3. The Morgan fingerprint density at radius 1 is 0.935 bits per heavy atom. The van der Waals surface area contributed by atoms with Crippen molar-refractivity contribution in [3.63, 3.8) is 0 Å². The second-order valence-corrected chi connectivity index (χ2v) is 7.50. The van der Waals surface area contributed by atoms with E-state index in [1.165, 1.54) is 31.6 Å². The predicted molar refractivity (Wildman–Crippen MR) is 118 cm³/mol. The van der Waals surface area contributed by atoms with E-state index in [0.717, 1.165) is 15.8 Å². The summed E-state index contributed by atoms with van der Waals surface area (Å²) >= 11 is 1.42. The second kappa shape index (κ2) is 8.97. The highest BCUT2D eigenvalue weighted by atomic mass is 32.1. The van der Waals surface area contributed by atoms with E-state index >= 15 is 0 Å². The lowest BCUT2D eigenvalue weighted by Gasteiger charge is -2.20. The van der Waals surface area contributed by atoms with Gasteiger partial charge in [-0.15, -0.1) is 0 Å². The van der Waals surface area contributed by atoms with E-state index in [2.05, 4.69) is 15.0 Å². The van der Waals surface area contributed by atoms with Crippen LogP contribution in [0.4, 0.5) is 5.13 Å². The molecule has 0 bridgehead atoms. The number of hydrogen-bond donors (Lipinski definition) is 0. The average molecular weight is 436 g/mol. The summed E-state index contributed by atoms with van der Waals surface area (Å²) in [5.74, 6) is 0.605. The zero-order valence-electron chi connectivity index (χ0n) is 17.2. The Kier molecular flexibility index (Phi) is 5.94. The van der Waals surface area contributed by atoms with Gasteiger partial charge in [0.25, 0.3) is 5.91 Å². The number of amides is 1. The molecule has 0 radical (unpaired) electrons. The molecular formula is C22H20N4O4S. The number of aromatic nitrogens is 3. The maximum atomic E-state index is 13.6. The summed E-state index contributed by atoms with van der Waals surface area (Å²) in [6.07, 6.45) is 0. The van der Waals surface area contributed by atoms with E-state index in [-0.39, 0.29) is 23.5 Å². The van der Waals surface area contributed by atoms with Crippen molar-refractivity contribution in [2.75, 3.05) is 26.2 Å². The van der Waals surface area contributed by atoms with E-state index in [4.69, 9.17) is 14.2 Å². The first-order valence-electron chi connectivity index (χ1n) is 9.38. The number of ether oxygens (including phenoxy) is 3. The molecular weight excluding hydrogens is 416 g/mol. The van der Waals surface area contributed by atoms with Crippen LogP contribution >= 0.6 is 11.3 Å². The molecule has 8 nitrogen and oxygen atoms in total. The van der Waals surface area contributed by atoms with Gasteiger partial charge < -0.3 is 14.2 Å². The van der Waals surface area contributed by atoms with Crippen molar-refractivity contribution in [1.82, 2.24) is 15.0 Å². The number of nitrogens with zero attached hydrogens (tertiary/aromatic N) is 4. The fourth-order valence-electron chi connectivity index (χ4n) is 2.98. The summed E-state index contributed by atoms with van der Waals surface area (Å²) in [6, 6.07) is 16.9. The van der Waals surface area contributed by atoms with Crippen LogP contribution in [-0.2, 0) is 6.54 Å². The quantitative estimate of drug-likeness (QED) is 0.433. The van der Waals surface area contributed by atoms with Gasteiger partial charge in [0, 0.05) is 12.1 Å². The minimum Gasteiger partial charge on any atom is -0.497 e. The van der Waals surface area contributed by atoms with E-state index in [1.54, 1.807) is 12.0 Å². The molecule has 9 heteroatoms. The lowest BCUT2D eigenvalue weighted by molar-refractivity contribution is 0.0978. The molecule has 2 aromatic carbocycles. The second-order valence-electron chi connectivity index (χ2n) is 6.49. The Labute approximate surface area is 183 Å². The number of carbonyl (C=O) groups excluding carboxylic acids is 1. The van der Waals surface area contributed by atoms with Crippen molar-refractivity contribution in [3.05, 3.63) is 65.9 Å². The zero-order valence-corrected chi connectivity index (χ0v) is 18.0. The van der Waals surface area contributed by atoms with Crippen molar-refractivity contribution in [2.45, 2.75) is 6.54 Å². The van der Waals surface area contributed by atoms with E-state index in [0.29, 0.717) is 17.4 Å². The van der Waals surface area contributed by atoms with Crippen LogP contribution in [0.3, 0.4) is 0 Å². The Hall–Kier alpha value is -3.72. The van der Waals surface area contributed by atoms with Gasteiger partial charge in [-0.1, -0.05) is 41.7 Å². The molecule has 0 fully saturated rings. The van der Waals surface area contributed by atoms with E-state index in [1.807, 2.05) is 48.5 Å². The molecule has 0 unspecified atom stereocenters. The fraction of sp³-hybridized carbons (Fsp3) is 0.182. The van der Waals surface area contributed by atoms with Gasteiger partial charge in [0.05, 0.1) is 38.1 Å². The third-order valence-electron chi connectivity index (χ3n) is 4.54. The highest BCUT2D eigenvalue weighted by molar-refractivity contribution is 7.22. The van der Waals surface area contributed by atoms with Gasteiger partial charge in [0.1, 0.15) is 11.4 Å². The summed E-state index contributed by atoms with van der Waals surface area (Å²) in [5, 5.41) is 0.550. The molecule has 0 aliphatic rings. The Morgan fingerprint density at radius 3 is 2.45 bits per heavy atom. The van der Waals surface area contributed by atoms with Crippen LogP contribution in [-0.4, -0.2) is 42.2 Å². The summed E-state index contributed by atoms with van der Waals surface area (Å²) in [6.45, 7) is 0.325. The van der Waals surface area contributed by atoms with Crippen molar-refractivity contribution < 1.29 is 19.0 Å². The van der Waals surface area contributed by atoms with Gasteiger partial charge in [-0.05, 0) is 17.7 Å². The number of benzene rings is 2. The number of carbonyl (C=O) groups is 1. The van der Waals surface area contributed by atoms with Crippen LogP contribution in [0, 0.1) is 0 Å². The van der Waals surface area contributed by atoms with Crippen LogP contribution in [0.25, 0.3) is 10.2 Å². The lowest BCUT2D eigenvalue weighted by Crippen LogP contribution is -2.31. The van der Waals surface area contributed by atoms with Crippen molar-refractivity contribution in [3.8, 4) is 17.6 Å². The monoisotopic (exact) mass is 436 g/mol.